The van der Waals surface area contributed by atoms with Crippen LogP contribution in [0, 0.1) is 18.5 Å². The molecule has 0 saturated heterocycles. The predicted molar refractivity (Wildman–Crippen MR) is 317 cm³/mol. The summed E-state index contributed by atoms with van der Waals surface area (Å²) >= 11 is 0. The second-order valence-electron chi connectivity index (χ2n) is 22.1. The summed E-state index contributed by atoms with van der Waals surface area (Å²) in [4.78, 5) is 4.94. The van der Waals surface area contributed by atoms with E-state index in [4.69, 9.17) is 15.2 Å². The number of nitrogens with zero attached hydrogens (tertiary/aromatic N) is 5. The van der Waals surface area contributed by atoms with Gasteiger partial charge < -0.3 is 18.4 Å². The molecule has 0 aliphatic heterocycles. The first-order chi connectivity index (χ1) is 39.7. The minimum atomic E-state index is -0.880. The zero-order valence-corrected chi connectivity index (χ0v) is 47.0. The number of pyridine rings is 1. The van der Waals surface area contributed by atoms with Gasteiger partial charge in [0.15, 0.2) is 0 Å². The number of aromatic nitrogens is 5. The molecule has 0 amide bonds. The Morgan fingerprint density at radius 2 is 1.17 bits per heavy atom. The smallest absolute Gasteiger partial charge is 0.268 e. The van der Waals surface area contributed by atoms with Crippen LogP contribution >= 0.6 is 0 Å². The molecule has 0 fully saturated rings. The molecule has 13 rings (SSSR count). The predicted octanol–water partition coefficient (Wildman–Crippen LogP) is 17.7. The third kappa shape index (κ3) is 8.73. The van der Waals surface area contributed by atoms with Crippen molar-refractivity contribution in [1.82, 2.24) is 18.7 Å². The molecule has 4 aromatic heterocycles. The van der Waals surface area contributed by atoms with Crippen molar-refractivity contribution in [1.29, 1.82) is 0 Å². The van der Waals surface area contributed by atoms with E-state index in [9.17, 15) is 2.74 Å². The molecular formula is C71H59N5OPt-2. The van der Waals surface area contributed by atoms with E-state index in [0.717, 1.165) is 88.1 Å². The van der Waals surface area contributed by atoms with Crippen LogP contribution in [0.15, 0.2) is 206 Å². The summed E-state index contributed by atoms with van der Waals surface area (Å²) in [6.07, 6.45) is 5.47. The fourth-order valence-electron chi connectivity index (χ4n) is 10.9. The number of hydrogen-bond acceptors (Lipinski definition) is 2. The molecule has 0 radical (unpaired) electrons. The summed E-state index contributed by atoms with van der Waals surface area (Å²) in [5.74, 6) is 0.622. The van der Waals surface area contributed by atoms with Crippen molar-refractivity contribution in [2.24, 2.45) is 0 Å². The molecule has 0 aliphatic carbocycles. The normalized spacial score (nSPS) is 13.3. The summed E-state index contributed by atoms with van der Waals surface area (Å²) in [6, 6.07) is 62.8. The maximum atomic E-state index is 9.31. The zero-order chi connectivity index (χ0) is 58.0. The average molecular weight is 1200 g/mol. The third-order valence-electron chi connectivity index (χ3n) is 14.8. The Hall–Kier alpha value is -8.31. The van der Waals surface area contributed by atoms with Gasteiger partial charge in [0.2, 0.25) is 0 Å². The van der Waals surface area contributed by atoms with Crippen molar-refractivity contribution in [3.63, 3.8) is 0 Å². The van der Waals surface area contributed by atoms with Crippen molar-refractivity contribution in [2.45, 2.75) is 72.1 Å². The second kappa shape index (κ2) is 19.6. The molecule has 0 N–H and O–H groups in total. The van der Waals surface area contributed by atoms with Crippen LogP contribution in [0.3, 0.4) is 0 Å². The molecule has 0 atom stereocenters. The standard InChI is InChI=1S/C71H59N5O.Pt/c1-46(2)48-36-37-72-67(40-48)76-62-33-17-14-28-59(62)68-65(75-60-31-15-12-26-57(60)58-27-13-16-32-61(58)75)43-54(44-66(68)76)77-53-25-20-24-52(42-53)73-45-74(64-35-19-18-34-63(64)73)69-55(47-22-10-9-11-23-47)29-21-30-56(69)49-38-50(70(3,4)5)41-51(39-49)71(6,7)8;/h9-41,43,46H,1-8H3;/q-2;/i9D,10D,11D,22D,23D,46D;. The van der Waals surface area contributed by atoms with E-state index in [2.05, 4.69) is 160 Å². The Kier molecular flexibility index (Phi) is 11.0. The minimum absolute atomic E-state index is 0. The van der Waals surface area contributed by atoms with Crippen LogP contribution in [0.4, 0.5) is 0 Å². The van der Waals surface area contributed by atoms with E-state index in [1.54, 1.807) is 6.20 Å². The minimum Gasteiger partial charge on any atom is -0.510 e. The largest absolute Gasteiger partial charge is 0.510 e. The van der Waals surface area contributed by atoms with Gasteiger partial charge in [0, 0.05) is 56.4 Å². The van der Waals surface area contributed by atoms with Gasteiger partial charge >= 0.3 is 0 Å². The number of rotatable bonds is 9. The Labute approximate surface area is 479 Å². The Morgan fingerprint density at radius 1 is 0.577 bits per heavy atom. The quantitative estimate of drug-likeness (QED) is 0.107. The molecule has 78 heavy (non-hydrogen) atoms. The first kappa shape index (κ1) is 43.8. The van der Waals surface area contributed by atoms with Crippen molar-refractivity contribution < 1.29 is 38.6 Å². The van der Waals surface area contributed by atoms with Crippen LogP contribution in [0.5, 0.6) is 11.5 Å². The van der Waals surface area contributed by atoms with E-state index in [-0.39, 0.29) is 49.5 Å². The second-order valence-corrected chi connectivity index (χ2v) is 22.1. The molecule has 0 bridgehead atoms. The number of benzene rings is 9. The van der Waals surface area contributed by atoms with Gasteiger partial charge in [0.25, 0.3) is 6.33 Å². The van der Waals surface area contributed by atoms with Crippen LogP contribution < -0.4 is 9.30 Å². The molecule has 6 nitrogen and oxygen atoms in total. The van der Waals surface area contributed by atoms with Gasteiger partial charge in [-0.25, -0.2) is 4.98 Å². The number of ether oxygens (including phenoxy) is 1. The van der Waals surface area contributed by atoms with Crippen molar-refractivity contribution >= 4 is 54.6 Å². The molecule has 13 aromatic rings. The number of para-hydroxylation sites is 6. The molecule has 386 valence electrons. The van der Waals surface area contributed by atoms with Crippen molar-refractivity contribution in [3.8, 4) is 56.6 Å². The summed E-state index contributed by atoms with van der Waals surface area (Å²) in [5.41, 5.74) is 12.3. The molecule has 4 heterocycles. The first-order valence-electron chi connectivity index (χ1n) is 29.1. The summed E-state index contributed by atoms with van der Waals surface area (Å²) < 4.78 is 69.2. The van der Waals surface area contributed by atoms with Crippen LogP contribution in [0.2, 0.25) is 0 Å². The molecule has 0 unspecified atom stereocenters. The van der Waals surface area contributed by atoms with Gasteiger partial charge in [-0.3, -0.25) is 4.57 Å². The topological polar surface area (TPSA) is 40.8 Å². The number of hydrogen-bond donors (Lipinski definition) is 0. The van der Waals surface area contributed by atoms with Gasteiger partial charge in [0.05, 0.1) is 34.6 Å². The fraction of sp³-hybridized carbons (Fsp3) is 0.155. The van der Waals surface area contributed by atoms with E-state index in [1.165, 1.54) is 0 Å². The van der Waals surface area contributed by atoms with Crippen LogP contribution in [0.1, 0.15) is 86.2 Å². The van der Waals surface area contributed by atoms with Gasteiger partial charge in [-0.05, 0) is 103 Å². The fourth-order valence-corrected chi connectivity index (χ4v) is 10.9. The van der Waals surface area contributed by atoms with Gasteiger partial charge in [-0.15, -0.1) is 24.3 Å². The summed E-state index contributed by atoms with van der Waals surface area (Å²) in [6.45, 7) is 17.0. The van der Waals surface area contributed by atoms with Gasteiger partial charge in [-0.1, -0.05) is 212 Å². The number of imidazole rings is 1. The molecule has 9 aromatic carbocycles. The molecule has 0 aliphatic rings. The zero-order valence-electron chi connectivity index (χ0n) is 50.7. The van der Waals surface area contributed by atoms with Crippen molar-refractivity contribution in [3.05, 3.63) is 241 Å². The molecular weight excluding hydrogens is 1130 g/mol. The SMILES string of the molecule is [2H]c1c([2H])c([2H])c(-c2cccc(-c3cc(C(C)(C)C)cc(C(C)(C)C)c3)c2-[n+]2[c-]n(-c3[c-]c(Oc4[c-]c5c(c(-n6c7ccccc7c7ccccc76)c4)c4ccccc4n5-c4cc(C([2H])(C)C)ccn4)ccc3)c3ccccc32)c([2H])c1[2H].[Pt]. The van der Waals surface area contributed by atoms with Crippen LogP contribution in [-0.4, -0.2) is 18.7 Å². The van der Waals surface area contributed by atoms with E-state index < -0.39 is 24.0 Å². The Bertz CT molecular complexity index is 4690. The van der Waals surface area contributed by atoms with E-state index in [1.807, 2.05) is 102 Å². The molecule has 7 heteroatoms. The summed E-state index contributed by atoms with van der Waals surface area (Å²) in [7, 11) is 0. The average Bonchev–Trinajstić information content (AvgIpc) is 1.75. The molecule has 0 spiro atoms. The number of fused-ring (bicyclic) bond motifs is 7. The van der Waals surface area contributed by atoms with E-state index in [0.29, 0.717) is 34.3 Å². The molecule has 0 saturated carbocycles. The van der Waals surface area contributed by atoms with Crippen molar-refractivity contribution in [2.75, 3.05) is 0 Å². The van der Waals surface area contributed by atoms with E-state index >= 15 is 0 Å². The van der Waals surface area contributed by atoms with Crippen LogP contribution in [0.25, 0.3) is 99.8 Å². The first-order valence-corrected chi connectivity index (χ1v) is 26.1. The maximum Gasteiger partial charge on any atom is 0.268 e. The Morgan fingerprint density at radius 3 is 1.82 bits per heavy atom. The maximum absolute atomic E-state index is 9.31. The van der Waals surface area contributed by atoms with Crippen LogP contribution in [-0.2, 0) is 31.9 Å². The third-order valence-corrected chi connectivity index (χ3v) is 14.8. The van der Waals surface area contributed by atoms with Gasteiger partial charge in [0.1, 0.15) is 5.82 Å². The Balaban J connectivity index is 0.00000694. The summed E-state index contributed by atoms with van der Waals surface area (Å²) in [5, 5.41) is 4.19. The van der Waals surface area contributed by atoms with Gasteiger partial charge in [-0.2, -0.15) is 12.1 Å². The monoisotopic (exact) mass is 1200 g/mol.